The molecule has 50 valence electrons. The molecule has 0 fully saturated rings. The molecule has 0 aliphatic rings. The third-order valence-corrected chi connectivity index (χ3v) is 1.19. The molecule has 7 heteroatoms. The Morgan fingerprint density at radius 2 is 2.70 bits per heavy atom. The molecule has 0 aromatic carbocycles. The van der Waals surface area contributed by atoms with Gasteiger partial charge in [0.2, 0.25) is 0 Å². The smallest absolute Gasteiger partial charge is 0.270 e. The van der Waals surface area contributed by atoms with Gasteiger partial charge >= 0.3 is 0 Å². The molecule has 1 rings (SSSR count). The molecule has 0 saturated carbocycles. The van der Waals surface area contributed by atoms with Crippen LogP contribution in [0, 0.1) is 0 Å². The first-order valence-corrected chi connectivity index (χ1v) is 2.94. The van der Waals surface area contributed by atoms with Gasteiger partial charge in [0.25, 0.3) is 5.91 Å². The Bertz CT molecular complexity index is 273. The van der Waals surface area contributed by atoms with E-state index in [1.165, 1.54) is 6.20 Å². The number of nitrogens with zero attached hydrogens (tertiary/aromatic N) is 5. The quantitative estimate of drug-likeness (QED) is 0.344. The van der Waals surface area contributed by atoms with E-state index in [9.17, 15) is 4.79 Å². The lowest BCUT2D eigenvalue weighted by Crippen LogP contribution is -1.91. The van der Waals surface area contributed by atoms with E-state index in [1.54, 1.807) is 0 Å². The van der Waals surface area contributed by atoms with Crippen molar-refractivity contribution in [2.24, 2.45) is 5.11 Å². The molecule has 0 aliphatic carbocycles. The van der Waals surface area contributed by atoms with E-state index < -0.39 is 5.91 Å². The number of rotatable bonds is 1. The first-order chi connectivity index (χ1) is 4.84. The van der Waals surface area contributed by atoms with Crippen molar-refractivity contribution in [3.8, 4) is 0 Å². The fourth-order valence-electron chi connectivity index (χ4n) is 0.351. The van der Waals surface area contributed by atoms with Crippen LogP contribution in [0.15, 0.2) is 11.3 Å². The fourth-order valence-corrected chi connectivity index (χ4v) is 0.758. The zero-order chi connectivity index (χ0) is 7.40. The lowest BCUT2D eigenvalue weighted by molar-refractivity contribution is 0.0996. The van der Waals surface area contributed by atoms with E-state index in [0.717, 1.165) is 11.7 Å². The van der Waals surface area contributed by atoms with Gasteiger partial charge in [-0.1, -0.05) is 0 Å². The topological polar surface area (TPSA) is 91.6 Å². The second kappa shape index (κ2) is 2.90. The zero-order valence-electron chi connectivity index (χ0n) is 4.63. The largest absolute Gasteiger partial charge is 0.285 e. The molecule has 10 heavy (non-hydrogen) atoms. The minimum atomic E-state index is -0.698. The molecule has 0 aliphatic heterocycles. The highest BCUT2D eigenvalue weighted by Gasteiger charge is 2.03. The molecule has 0 unspecified atom stereocenters. The minimum absolute atomic E-state index is 0.0859. The number of hydrogen-bond donors (Lipinski definition) is 0. The van der Waals surface area contributed by atoms with Gasteiger partial charge in [0.1, 0.15) is 5.69 Å². The first kappa shape index (κ1) is 6.66. The Morgan fingerprint density at radius 3 is 3.20 bits per heavy atom. The zero-order valence-corrected chi connectivity index (χ0v) is 5.45. The summed E-state index contributed by atoms with van der Waals surface area (Å²) in [4.78, 5) is 12.9. The molecule has 6 nitrogen and oxygen atoms in total. The van der Waals surface area contributed by atoms with Gasteiger partial charge in [0, 0.05) is 4.91 Å². The van der Waals surface area contributed by atoms with Crippen LogP contribution >= 0.6 is 11.7 Å². The van der Waals surface area contributed by atoms with Gasteiger partial charge in [-0.2, -0.15) is 8.75 Å². The van der Waals surface area contributed by atoms with Crippen molar-refractivity contribution < 1.29 is 4.79 Å². The van der Waals surface area contributed by atoms with Crippen molar-refractivity contribution in [2.45, 2.75) is 0 Å². The minimum Gasteiger partial charge on any atom is -0.285 e. The number of hydrogen-bond acceptors (Lipinski definition) is 4. The van der Waals surface area contributed by atoms with Gasteiger partial charge in [-0.25, -0.2) is 0 Å². The van der Waals surface area contributed by atoms with Gasteiger partial charge in [-0.3, -0.25) is 4.79 Å². The lowest BCUT2D eigenvalue weighted by atomic mass is 10.5. The number of carbonyl (C=O) groups is 1. The highest BCUT2D eigenvalue weighted by Crippen LogP contribution is 1.96. The number of carbonyl (C=O) groups excluding carboxylic acids is 1. The van der Waals surface area contributed by atoms with Crippen LogP contribution in [0.3, 0.4) is 0 Å². The van der Waals surface area contributed by atoms with E-state index >= 15 is 0 Å². The maximum absolute atomic E-state index is 10.6. The standard InChI is InChI=1S/C3HN5OS/c4-8-6-3(9)2-1-5-10-7-2/h1H. The Balaban J connectivity index is 2.87. The molecule has 0 saturated heterocycles. The van der Waals surface area contributed by atoms with E-state index in [0.29, 0.717) is 0 Å². The maximum atomic E-state index is 10.6. The summed E-state index contributed by atoms with van der Waals surface area (Å²) in [6.45, 7) is 0. The molecule has 1 aromatic heterocycles. The summed E-state index contributed by atoms with van der Waals surface area (Å²) in [5.41, 5.74) is 7.91. The summed E-state index contributed by atoms with van der Waals surface area (Å²) >= 11 is 0.890. The second-order valence-electron chi connectivity index (χ2n) is 1.29. The normalized spacial score (nSPS) is 8.40. The Hall–Kier alpha value is -1.46. The molecule has 0 N–H and O–H groups in total. The summed E-state index contributed by atoms with van der Waals surface area (Å²) in [6.07, 6.45) is 1.25. The monoisotopic (exact) mass is 155 g/mol. The van der Waals surface area contributed by atoms with Gasteiger partial charge in [-0.05, 0) is 10.6 Å². The van der Waals surface area contributed by atoms with Crippen molar-refractivity contribution >= 4 is 17.6 Å². The number of amides is 1. The highest BCUT2D eigenvalue weighted by molar-refractivity contribution is 6.99. The van der Waals surface area contributed by atoms with Crippen LogP contribution in [0.2, 0.25) is 0 Å². The predicted octanol–water partition coefficient (Wildman–Crippen LogP) is 0.989. The average molecular weight is 155 g/mol. The molecule has 1 aromatic rings. The molecule has 0 spiro atoms. The molecule has 0 atom stereocenters. The number of aromatic nitrogens is 2. The Kier molecular flexibility index (Phi) is 1.93. The summed E-state index contributed by atoms with van der Waals surface area (Å²) in [7, 11) is 0. The average Bonchev–Trinajstić information content (AvgIpc) is 2.38. The van der Waals surface area contributed by atoms with Crippen molar-refractivity contribution in [3.05, 3.63) is 22.3 Å². The Morgan fingerprint density at radius 1 is 1.90 bits per heavy atom. The van der Waals surface area contributed by atoms with E-state index in [1.807, 2.05) is 0 Å². The third kappa shape index (κ3) is 1.28. The predicted molar refractivity (Wildman–Crippen MR) is 33.4 cm³/mol. The van der Waals surface area contributed by atoms with Crippen LogP contribution in [0.5, 0.6) is 0 Å². The SMILES string of the molecule is [N-]=[N+]=NC(=O)c1cnsn1. The third-order valence-electron chi connectivity index (χ3n) is 0.716. The molecule has 0 radical (unpaired) electrons. The summed E-state index contributed by atoms with van der Waals surface area (Å²) in [5, 5.41) is 2.81. The lowest BCUT2D eigenvalue weighted by Gasteiger charge is -1.77. The van der Waals surface area contributed by atoms with Gasteiger partial charge < -0.3 is 0 Å². The summed E-state index contributed by atoms with van der Waals surface area (Å²) in [6, 6.07) is 0. The molecular weight excluding hydrogens is 154 g/mol. The highest BCUT2D eigenvalue weighted by atomic mass is 32.1. The van der Waals surface area contributed by atoms with Crippen molar-refractivity contribution in [1.29, 1.82) is 0 Å². The molecule has 1 heterocycles. The second-order valence-corrected chi connectivity index (χ2v) is 1.84. The van der Waals surface area contributed by atoms with Crippen LogP contribution in [-0.2, 0) is 0 Å². The van der Waals surface area contributed by atoms with Gasteiger partial charge in [0.05, 0.1) is 17.9 Å². The summed E-state index contributed by atoms with van der Waals surface area (Å²) in [5.74, 6) is -0.698. The van der Waals surface area contributed by atoms with Crippen molar-refractivity contribution in [3.63, 3.8) is 0 Å². The fraction of sp³-hybridized carbons (Fsp3) is 0. The van der Waals surface area contributed by atoms with Crippen molar-refractivity contribution in [1.82, 2.24) is 8.75 Å². The van der Waals surface area contributed by atoms with Crippen LogP contribution < -0.4 is 0 Å². The van der Waals surface area contributed by atoms with Gasteiger partial charge in [0.15, 0.2) is 0 Å². The van der Waals surface area contributed by atoms with Crippen LogP contribution in [0.25, 0.3) is 10.4 Å². The van der Waals surface area contributed by atoms with E-state index in [2.05, 4.69) is 18.8 Å². The van der Waals surface area contributed by atoms with E-state index in [-0.39, 0.29) is 5.69 Å². The van der Waals surface area contributed by atoms with Crippen LogP contribution in [0.4, 0.5) is 0 Å². The maximum Gasteiger partial charge on any atom is 0.270 e. The van der Waals surface area contributed by atoms with E-state index in [4.69, 9.17) is 5.53 Å². The van der Waals surface area contributed by atoms with Crippen molar-refractivity contribution in [2.75, 3.05) is 0 Å². The first-order valence-electron chi connectivity index (χ1n) is 2.21. The van der Waals surface area contributed by atoms with Crippen LogP contribution in [0.1, 0.15) is 10.5 Å². The summed E-state index contributed by atoms with van der Waals surface area (Å²) < 4.78 is 7.10. The van der Waals surface area contributed by atoms with Crippen LogP contribution in [-0.4, -0.2) is 14.7 Å². The molecule has 0 bridgehead atoms. The molecule has 1 amide bonds. The van der Waals surface area contributed by atoms with Gasteiger partial charge in [-0.15, -0.1) is 0 Å². The Labute approximate surface area is 59.5 Å². The molecular formula is C3HN5OS. The number of azide groups is 1.